The van der Waals surface area contributed by atoms with Crippen molar-refractivity contribution in [3.63, 3.8) is 0 Å². The molecule has 4 fully saturated rings. The first-order chi connectivity index (χ1) is 28.8. The summed E-state index contributed by atoms with van der Waals surface area (Å²) in [5.74, 6) is -0.576. The maximum absolute atomic E-state index is 14.8. The molecule has 0 bridgehead atoms. The van der Waals surface area contributed by atoms with E-state index in [0.717, 1.165) is 47.3 Å². The van der Waals surface area contributed by atoms with Crippen molar-refractivity contribution < 1.29 is 37.1 Å². The van der Waals surface area contributed by atoms with E-state index in [1.165, 1.54) is 16.2 Å². The van der Waals surface area contributed by atoms with Gasteiger partial charge >= 0.3 is 6.03 Å². The number of allylic oxidation sites excluding steroid dienone is 1. The largest absolute Gasteiger partial charge is 0.496 e. The molecule has 1 saturated heterocycles. The summed E-state index contributed by atoms with van der Waals surface area (Å²) in [5, 5.41) is 8.85. The van der Waals surface area contributed by atoms with E-state index in [-0.39, 0.29) is 25.4 Å². The van der Waals surface area contributed by atoms with E-state index in [1.807, 2.05) is 51.1 Å². The maximum atomic E-state index is 14.8. The second-order valence-corrected chi connectivity index (χ2v) is 19.6. The van der Waals surface area contributed by atoms with Gasteiger partial charge in [-0.25, -0.2) is 23.2 Å². The van der Waals surface area contributed by atoms with Crippen LogP contribution in [0.1, 0.15) is 102 Å². The molecule has 2 aromatic heterocycles. The Hall–Kier alpha value is -4.77. The molecule has 5 aliphatic rings. The molecule has 0 unspecified atom stereocenters. The van der Waals surface area contributed by atoms with E-state index in [4.69, 9.17) is 19.4 Å². The number of sulfonamides is 1. The van der Waals surface area contributed by atoms with Gasteiger partial charge in [0.15, 0.2) is 0 Å². The van der Waals surface area contributed by atoms with Gasteiger partial charge in [0.1, 0.15) is 45.9 Å². The average Bonchev–Trinajstić information content (AvgIpc) is 4.18. The van der Waals surface area contributed by atoms with Gasteiger partial charge < -0.3 is 29.9 Å². The number of pyridine rings is 1. The summed E-state index contributed by atoms with van der Waals surface area (Å²) in [4.78, 5) is 69.8. The van der Waals surface area contributed by atoms with Crippen LogP contribution in [0.3, 0.4) is 0 Å². The molecule has 0 spiro atoms. The van der Waals surface area contributed by atoms with E-state index in [1.54, 1.807) is 12.0 Å². The zero-order valence-electron chi connectivity index (χ0n) is 34.7. The standard InChI is InChI=1S/C43H55N7O8S2/c1-5-49(6-2)42(54)46-31-13-11-9-7-8-10-12-27-22-43(27,41(53)48-60(55,56)29-16-17-29)47-38(51)34-20-28(23-50(34)40(31)52)58-36-21-32(39-45-33(24-59-39)26-14-15-26)44-37-25(3)35(57-4)19-18-30(36)37/h10,12,18-19,21,24,26-29,31,34H,5-9,11,13-17,20,22-23H2,1-4H3,(H,46,54)(H,47,51)(H,48,53)/b12-10-/t27-,28-,31+,34+,43-/m1/s1. The number of urea groups is 1. The van der Waals surface area contributed by atoms with Crippen molar-refractivity contribution in [1.29, 1.82) is 0 Å². The highest BCUT2D eigenvalue weighted by molar-refractivity contribution is 7.91. The van der Waals surface area contributed by atoms with E-state index in [0.29, 0.717) is 73.8 Å². The predicted octanol–water partition coefficient (Wildman–Crippen LogP) is 5.32. The van der Waals surface area contributed by atoms with Crippen molar-refractivity contribution in [2.24, 2.45) is 5.92 Å². The third-order valence-corrected chi connectivity index (χ3v) is 15.3. The number of nitrogens with zero attached hydrogens (tertiary/aromatic N) is 4. The summed E-state index contributed by atoms with van der Waals surface area (Å²) in [5.41, 5.74) is 1.68. The van der Waals surface area contributed by atoms with Gasteiger partial charge in [-0.3, -0.25) is 19.1 Å². The summed E-state index contributed by atoms with van der Waals surface area (Å²) < 4.78 is 40.7. The number of thiazole rings is 1. The van der Waals surface area contributed by atoms with Gasteiger partial charge in [-0.2, -0.15) is 0 Å². The number of rotatable bonds is 11. The Morgan fingerprint density at radius 3 is 2.55 bits per heavy atom. The lowest BCUT2D eigenvalue weighted by Gasteiger charge is -2.31. The molecule has 0 radical (unpaired) electrons. The Morgan fingerprint density at radius 2 is 1.83 bits per heavy atom. The zero-order chi connectivity index (χ0) is 42.3. The van der Waals surface area contributed by atoms with Gasteiger partial charge in [-0.15, -0.1) is 11.3 Å². The third kappa shape index (κ3) is 8.56. The number of methoxy groups -OCH3 is 1. The predicted molar refractivity (Wildman–Crippen MR) is 227 cm³/mol. The number of hydrogen-bond acceptors (Lipinski definition) is 11. The molecule has 322 valence electrons. The SMILES string of the molecule is CCN(CC)C(=O)N[C@H]1CCCCC/C=C\[C@@H]2C[C@@]2(C(=O)NS(=O)(=O)C2CC2)NC(=O)[C@@H]2C[C@@H](Oc3cc(-c4nc(C5CC5)cs4)nc4c(C)c(OC)ccc34)CN2C1=O. The fourth-order valence-corrected chi connectivity index (χ4v) is 10.8. The Labute approximate surface area is 355 Å². The summed E-state index contributed by atoms with van der Waals surface area (Å²) in [6.45, 7) is 6.61. The average molecular weight is 862 g/mol. The Kier molecular flexibility index (Phi) is 11.8. The number of carbonyl (C=O) groups excluding carboxylic acids is 4. The van der Waals surface area contributed by atoms with Crippen LogP contribution in [-0.2, 0) is 24.4 Å². The minimum absolute atomic E-state index is 0.0184. The summed E-state index contributed by atoms with van der Waals surface area (Å²) in [6, 6.07) is 3.22. The Balaban J connectivity index is 1.14. The van der Waals surface area contributed by atoms with E-state index < -0.39 is 62.6 Å². The molecule has 15 nitrogen and oxygen atoms in total. The third-order valence-electron chi connectivity index (χ3n) is 12.6. The van der Waals surface area contributed by atoms with Gasteiger partial charge in [0.25, 0.3) is 5.91 Å². The number of hydrogen-bond donors (Lipinski definition) is 3. The van der Waals surface area contributed by atoms with Gasteiger partial charge in [0.2, 0.25) is 21.8 Å². The molecule has 3 aromatic rings. The monoisotopic (exact) mass is 861 g/mol. The lowest BCUT2D eigenvalue weighted by Crippen LogP contribution is -2.59. The quantitative estimate of drug-likeness (QED) is 0.213. The van der Waals surface area contributed by atoms with Crippen LogP contribution in [0.2, 0.25) is 0 Å². The summed E-state index contributed by atoms with van der Waals surface area (Å²) in [6.07, 6.45) is 10.0. The van der Waals surface area contributed by atoms with Gasteiger partial charge in [0.05, 0.1) is 30.1 Å². The summed E-state index contributed by atoms with van der Waals surface area (Å²) in [7, 11) is -2.29. The van der Waals surface area contributed by atoms with Crippen LogP contribution in [0, 0.1) is 12.8 Å². The van der Waals surface area contributed by atoms with Crippen LogP contribution in [0.15, 0.2) is 35.7 Å². The normalized spacial score (nSPS) is 26.5. The fraction of sp³-hybridized carbons (Fsp3) is 0.581. The van der Waals surface area contributed by atoms with Crippen molar-refractivity contribution in [2.75, 3.05) is 26.7 Å². The first-order valence-electron chi connectivity index (χ1n) is 21.4. The molecule has 4 heterocycles. The molecular formula is C43H55N7O8S2. The topological polar surface area (TPSA) is 189 Å². The first kappa shape index (κ1) is 41.9. The number of fused-ring (bicyclic) bond motifs is 3. The molecule has 3 aliphatic carbocycles. The molecule has 2 aliphatic heterocycles. The lowest BCUT2D eigenvalue weighted by molar-refractivity contribution is -0.141. The molecule has 1 aromatic carbocycles. The van der Waals surface area contributed by atoms with Gasteiger partial charge in [-0.05, 0) is 84.3 Å². The second kappa shape index (κ2) is 16.9. The fourth-order valence-electron chi connectivity index (χ4n) is 8.56. The molecule has 8 rings (SSSR count). The van der Waals surface area contributed by atoms with Crippen LogP contribution in [0.5, 0.6) is 11.5 Å². The highest BCUT2D eigenvalue weighted by Crippen LogP contribution is 2.47. The van der Waals surface area contributed by atoms with Crippen LogP contribution >= 0.6 is 11.3 Å². The first-order valence-corrected chi connectivity index (χ1v) is 23.8. The van der Waals surface area contributed by atoms with Crippen LogP contribution < -0.4 is 24.8 Å². The minimum atomic E-state index is -3.90. The van der Waals surface area contributed by atoms with Crippen molar-refractivity contribution in [2.45, 2.75) is 126 Å². The zero-order valence-corrected chi connectivity index (χ0v) is 36.3. The number of nitrogens with one attached hydrogen (secondary N) is 3. The van der Waals surface area contributed by atoms with E-state index >= 15 is 0 Å². The second-order valence-electron chi connectivity index (χ2n) is 16.8. The maximum Gasteiger partial charge on any atom is 0.318 e. The van der Waals surface area contributed by atoms with Crippen molar-refractivity contribution in [1.82, 2.24) is 35.1 Å². The molecule has 3 saturated carbocycles. The van der Waals surface area contributed by atoms with Crippen LogP contribution in [0.25, 0.3) is 21.6 Å². The number of amides is 5. The van der Waals surface area contributed by atoms with Crippen molar-refractivity contribution in [3.05, 3.63) is 47.0 Å². The Bertz CT molecular complexity index is 2300. The van der Waals surface area contributed by atoms with Crippen molar-refractivity contribution >= 4 is 56.0 Å². The smallest absolute Gasteiger partial charge is 0.318 e. The minimum Gasteiger partial charge on any atom is -0.496 e. The number of aryl methyl sites for hydroxylation is 1. The number of carbonyl (C=O) groups is 4. The molecule has 17 heteroatoms. The highest BCUT2D eigenvalue weighted by atomic mass is 32.2. The number of aromatic nitrogens is 2. The van der Waals surface area contributed by atoms with E-state index in [9.17, 15) is 27.6 Å². The summed E-state index contributed by atoms with van der Waals surface area (Å²) >= 11 is 1.52. The molecule has 5 amide bonds. The van der Waals surface area contributed by atoms with Gasteiger partial charge in [-0.1, -0.05) is 25.0 Å². The van der Waals surface area contributed by atoms with Crippen molar-refractivity contribution in [3.8, 4) is 22.2 Å². The van der Waals surface area contributed by atoms with Crippen LogP contribution in [-0.4, -0.2) is 108 Å². The molecule has 5 atom stereocenters. The number of benzene rings is 1. The highest BCUT2D eigenvalue weighted by Gasteiger charge is 2.62. The molecule has 3 N–H and O–H groups in total. The van der Waals surface area contributed by atoms with Crippen LogP contribution in [0.4, 0.5) is 4.79 Å². The molecular weight excluding hydrogens is 807 g/mol. The van der Waals surface area contributed by atoms with E-state index in [2.05, 4.69) is 20.7 Å². The molecule has 60 heavy (non-hydrogen) atoms. The Morgan fingerprint density at radius 1 is 1.05 bits per heavy atom. The van der Waals surface area contributed by atoms with Gasteiger partial charge in [0, 0.05) is 53.7 Å². The lowest BCUT2D eigenvalue weighted by atomic mass is 10.0. The number of ether oxygens (including phenoxy) is 2.